The van der Waals surface area contributed by atoms with Gasteiger partial charge in [0.15, 0.2) is 5.43 Å². The van der Waals surface area contributed by atoms with E-state index in [9.17, 15) is 9.59 Å². The molecule has 0 fully saturated rings. The highest BCUT2D eigenvalue weighted by molar-refractivity contribution is 6.32. The molecule has 1 aromatic rings. The van der Waals surface area contributed by atoms with Gasteiger partial charge in [-0.05, 0) is 13.8 Å². The summed E-state index contributed by atoms with van der Waals surface area (Å²) in [6.45, 7) is 3.02. The van der Waals surface area contributed by atoms with Gasteiger partial charge in [0.2, 0.25) is 0 Å². The van der Waals surface area contributed by atoms with E-state index in [0.717, 1.165) is 0 Å². The van der Waals surface area contributed by atoms with Crippen LogP contribution in [0, 0.1) is 13.8 Å². The van der Waals surface area contributed by atoms with Gasteiger partial charge >= 0.3 is 0 Å². The molecule has 3 nitrogen and oxygen atoms in total. The number of hydrogen-bond acceptors (Lipinski definition) is 2. The van der Waals surface area contributed by atoms with Gasteiger partial charge in [0.1, 0.15) is 10.2 Å². The van der Waals surface area contributed by atoms with Crippen LogP contribution in [0.4, 0.5) is 0 Å². The Morgan fingerprint density at radius 3 is 2.15 bits per heavy atom. The second-order valence-corrected chi connectivity index (χ2v) is 3.42. The van der Waals surface area contributed by atoms with Crippen molar-refractivity contribution < 1.29 is 0 Å². The van der Waals surface area contributed by atoms with Crippen molar-refractivity contribution in [3.63, 3.8) is 0 Å². The molecular weight excluding hydrogens is 213 g/mol. The van der Waals surface area contributed by atoms with E-state index in [4.69, 9.17) is 23.2 Å². The van der Waals surface area contributed by atoms with Crippen molar-refractivity contribution in [1.82, 2.24) is 4.98 Å². The molecule has 1 N–H and O–H groups in total. The Labute approximate surface area is 84.3 Å². The van der Waals surface area contributed by atoms with Crippen LogP contribution in [0.3, 0.4) is 0 Å². The molecule has 1 heterocycles. The van der Waals surface area contributed by atoms with Crippen LogP contribution in [-0.4, -0.2) is 4.98 Å². The third-order valence-electron chi connectivity index (χ3n) is 1.76. The average Bonchev–Trinajstić information content (AvgIpc) is 2.15. The minimum absolute atomic E-state index is 0.0324. The van der Waals surface area contributed by atoms with E-state index in [2.05, 4.69) is 4.98 Å². The lowest BCUT2D eigenvalue weighted by atomic mass is 10.2. The largest absolute Gasteiger partial charge is 0.311 e. The minimum Gasteiger partial charge on any atom is -0.311 e. The van der Waals surface area contributed by atoms with Gasteiger partial charge in [-0.2, -0.15) is 0 Å². The fourth-order valence-electron chi connectivity index (χ4n) is 0.899. The van der Waals surface area contributed by atoms with Crippen molar-refractivity contribution in [2.45, 2.75) is 13.8 Å². The van der Waals surface area contributed by atoms with Crippen LogP contribution in [0.25, 0.3) is 0 Å². The summed E-state index contributed by atoms with van der Waals surface area (Å²) in [6, 6.07) is 0. The van der Waals surface area contributed by atoms with Crippen molar-refractivity contribution in [3.8, 4) is 0 Å². The van der Waals surface area contributed by atoms with Crippen LogP contribution in [0.15, 0.2) is 9.59 Å². The van der Waals surface area contributed by atoms with Crippen LogP contribution in [0.2, 0.25) is 10.2 Å². The van der Waals surface area contributed by atoms with E-state index in [1.807, 2.05) is 0 Å². The summed E-state index contributed by atoms with van der Waals surface area (Å²) in [7, 11) is 0. The molecule has 1 aromatic heterocycles. The zero-order valence-electron chi connectivity index (χ0n) is 7.07. The second kappa shape index (κ2) is 3.52. The van der Waals surface area contributed by atoms with Crippen molar-refractivity contribution in [2.75, 3.05) is 0 Å². The molecule has 0 unspecified atom stereocenters. The molecule has 0 aliphatic rings. The predicted octanol–water partition coefficient (Wildman–Crippen LogP) is 1.66. The summed E-state index contributed by atoms with van der Waals surface area (Å²) in [5.41, 5.74) is -0.349. The lowest BCUT2D eigenvalue weighted by Crippen LogP contribution is -2.07. The van der Waals surface area contributed by atoms with Crippen molar-refractivity contribution in [2.24, 2.45) is 0 Å². The van der Waals surface area contributed by atoms with Gasteiger partial charge in [0.05, 0.1) is 0 Å². The van der Waals surface area contributed by atoms with E-state index in [1.54, 1.807) is 0 Å². The molecule has 0 atom stereocenters. The van der Waals surface area contributed by atoms with Gasteiger partial charge in [-0.3, -0.25) is 9.59 Å². The Kier molecular flexibility index (Phi) is 2.78. The SMILES string of the molecule is Cc1c(Cl)[nH]c(=O)c(Cl)c(C)c1=O. The average molecular weight is 220 g/mol. The van der Waals surface area contributed by atoms with Crippen LogP contribution in [0.1, 0.15) is 11.1 Å². The van der Waals surface area contributed by atoms with Gasteiger partial charge in [-0.25, -0.2) is 0 Å². The number of aromatic amines is 1. The van der Waals surface area contributed by atoms with E-state index < -0.39 is 5.56 Å². The molecule has 5 heteroatoms. The van der Waals surface area contributed by atoms with Crippen LogP contribution >= 0.6 is 23.2 Å². The highest BCUT2D eigenvalue weighted by Gasteiger charge is 2.07. The fraction of sp³-hybridized carbons (Fsp3) is 0.250. The Balaban J connectivity index is 3.94. The van der Waals surface area contributed by atoms with Crippen molar-refractivity contribution in [1.29, 1.82) is 0 Å². The summed E-state index contributed by atoms with van der Waals surface area (Å²) in [5.74, 6) is 0. The number of halogens is 2. The minimum atomic E-state index is -0.547. The number of nitrogens with one attached hydrogen (secondary N) is 1. The van der Waals surface area contributed by atoms with Crippen molar-refractivity contribution in [3.05, 3.63) is 41.9 Å². The number of rotatable bonds is 0. The Morgan fingerprint density at radius 1 is 1.08 bits per heavy atom. The first-order valence-electron chi connectivity index (χ1n) is 3.54. The zero-order valence-corrected chi connectivity index (χ0v) is 8.58. The molecule has 13 heavy (non-hydrogen) atoms. The first-order chi connectivity index (χ1) is 5.95. The summed E-state index contributed by atoms with van der Waals surface area (Å²) >= 11 is 11.2. The molecule has 0 saturated heterocycles. The molecule has 0 aromatic carbocycles. The molecule has 0 spiro atoms. The molecule has 0 radical (unpaired) electrons. The lowest BCUT2D eigenvalue weighted by Gasteiger charge is -1.87. The Hall–Kier alpha value is -0.800. The molecule has 1 rings (SSSR count). The molecule has 0 aliphatic heterocycles. The fourth-order valence-corrected chi connectivity index (χ4v) is 1.20. The van der Waals surface area contributed by atoms with Crippen LogP contribution < -0.4 is 11.0 Å². The monoisotopic (exact) mass is 219 g/mol. The summed E-state index contributed by atoms with van der Waals surface area (Å²) in [5, 5.41) is -0.0787. The Bertz CT molecular complexity index is 465. The Morgan fingerprint density at radius 2 is 1.62 bits per heavy atom. The molecule has 70 valence electrons. The van der Waals surface area contributed by atoms with E-state index >= 15 is 0 Å². The van der Waals surface area contributed by atoms with E-state index in [1.165, 1.54) is 13.8 Å². The van der Waals surface area contributed by atoms with Crippen molar-refractivity contribution >= 4 is 23.2 Å². The summed E-state index contributed by atoms with van der Waals surface area (Å²) in [4.78, 5) is 24.9. The predicted molar refractivity (Wildman–Crippen MR) is 52.8 cm³/mol. The highest BCUT2D eigenvalue weighted by atomic mass is 35.5. The first-order valence-corrected chi connectivity index (χ1v) is 4.29. The number of H-pyrrole nitrogens is 1. The van der Waals surface area contributed by atoms with E-state index in [-0.39, 0.29) is 21.2 Å². The second-order valence-electron chi connectivity index (χ2n) is 2.66. The molecule has 0 bridgehead atoms. The maximum absolute atomic E-state index is 11.4. The zero-order chi connectivity index (χ0) is 10.2. The van der Waals surface area contributed by atoms with E-state index in [0.29, 0.717) is 5.56 Å². The number of aromatic nitrogens is 1. The summed E-state index contributed by atoms with van der Waals surface area (Å²) < 4.78 is 0. The number of hydrogen-bond donors (Lipinski definition) is 1. The molecule has 0 amide bonds. The molecule has 0 aliphatic carbocycles. The van der Waals surface area contributed by atoms with Gasteiger partial charge in [-0.1, -0.05) is 23.2 Å². The van der Waals surface area contributed by atoms with Crippen LogP contribution in [-0.2, 0) is 0 Å². The standard InChI is InChI=1S/C8H7Cl2NO2/c1-3-5(9)8(13)11-7(10)4(2)6(3)12/h1-2H3,(H,11,13). The highest BCUT2D eigenvalue weighted by Crippen LogP contribution is 2.08. The first kappa shape index (κ1) is 10.3. The lowest BCUT2D eigenvalue weighted by molar-refractivity contribution is 1.24. The quantitative estimate of drug-likeness (QED) is 0.722. The third-order valence-corrected chi connectivity index (χ3v) is 2.60. The third kappa shape index (κ3) is 1.76. The maximum Gasteiger partial charge on any atom is 0.268 e. The molecule has 0 saturated carbocycles. The molecular formula is C8H7Cl2NO2. The maximum atomic E-state index is 11.4. The smallest absolute Gasteiger partial charge is 0.268 e. The van der Waals surface area contributed by atoms with Gasteiger partial charge < -0.3 is 4.98 Å². The summed E-state index contributed by atoms with van der Waals surface area (Å²) in [6.07, 6.45) is 0. The van der Waals surface area contributed by atoms with Gasteiger partial charge in [-0.15, -0.1) is 0 Å². The van der Waals surface area contributed by atoms with Gasteiger partial charge in [0.25, 0.3) is 5.56 Å². The van der Waals surface area contributed by atoms with Crippen LogP contribution in [0.5, 0.6) is 0 Å². The normalized spacial score (nSPS) is 10.2. The topological polar surface area (TPSA) is 49.9 Å². The van der Waals surface area contributed by atoms with Gasteiger partial charge in [0, 0.05) is 11.1 Å².